The van der Waals surface area contributed by atoms with Crippen molar-refractivity contribution in [3.8, 4) is 5.75 Å². The maximum absolute atomic E-state index is 15.9. The van der Waals surface area contributed by atoms with Crippen molar-refractivity contribution in [3.05, 3.63) is 65.7 Å². The number of hydrogen-bond acceptors (Lipinski definition) is 3. The fourth-order valence-corrected chi connectivity index (χ4v) is 5.20. The maximum Gasteiger partial charge on any atom is 0.156 e. The molecule has 2 bridgehead atoms. The van der Waals surface area contributed by atoms with Gasteiger partial charge in [0.1, 0.15) is 5.75 Å². The van der Waals surface area contributed by atoms with Crippen molar-refractivity contribution < 1.29 is 9.13 Å². The van der Waals surface area contributed by atoms with Crippen LogP contribution in [0.15, 0.2) is 59.6 Å². The van der Waals surface area contributed by atoms with E-state index in [9.17, 15) is 0 Å². The van der Waals surface area contributed by atoms with Crippen molar-refractivity contribution in [2.45, 2.75) is 69.9 Å². The van der Waals surface area contributed by atoms with Crippen LogP contribution in [0.25, 0.3) is 0 Å². The van der Waals surface area contributed by atoms with Crippen LogP contribution in [-0.2, 0) is 13.1 Å². The van der Waals surface area contributed by atoms with Crippen molar-refractivity contribution in [2.24, 2.45) is 4.99 Å². The van der Waals surface area contributed by atoms with E-state index < -0.39 is 11.7 Å². The van der Waals surface area contributed by atoms with Gasteiger partial charge in [-0.25, -0.2) is 4.39 Å². The van der Waals surface area contributed by atoms with Crippen LogP contribution in [-0.4, -0.2) is 35.0 Å². The van der Waals surface area contributed by atoms with Crippen molar-refractivity contribution in [3.63, 3.8) is 0 Å². The molecule has 0 aliphatic carbocycles. The molecule has 2 aromatic rings. The second kappa shape index (κ2) is 7.91. The lowest BCUT2D eigenvalue weighted by molar-refractivity contribution is -0.0903. The van der Waals surface area contributed by atoms with Gasteiger partial charge in [-0.2, -0.15) is 0 Å². The van der Waals surface area contributed by atoms with Crippen molar-refractivity contribution >= 4 is 5.71 Å². The van der Waals surface area contributed by atoms with Crippen molar-refractivity contribution in [1.82, 2.24) is 4.90 Å². The average molecular weight is 395 g/mol. The first-order chi connectivity index (χ1) is 13.9. The number of ether oxygens (including phenoxy) is 1. The highest BCUT2D eigenvalue weighted by molar-refractivity contribution is 5.92. The molecule has 2 aliphatic heterocycles. The summed E-state index contributed by atoms with van der Waals surface area (Å²) in [6, 6.07) is 18.3. The quantitative estimate of drug-likeness (QED) is 0.661. The molecular weight excluding hydrogens is 363 g/mol. The molecule has 0 aromatic heterocycles. The van der Waals surface area contributed by atoms with E-state index in [-0.39, 0.29) is 5.54 Å². The normalized spacial score (nSPS) is 31.0. The van der Waals surface area contributed by atoms with E-state index in [1.165, 1.54) is 5.56 Å². The molecule has 0 spiro atoms. The van der Waals surface area contributed by atoms with Gasteiger partial charge in [-0.3, -0.25) is 9.89 Å². The van der Waals surface area contributed by atoms with Gasteiger partial charge >= 0.3 is 0 Å². The molecule has 4 heteroatoms. The minimum Gasteiger partial charge on any atom is -0.497 e. The second-order valence-corrected chi connectivity index (χ2v) is 8.97. The molecule has 29 heavy (non-hydrogen) atoms. The van der Waals surface area contributed by atoms with E-state index in [0.29, 0.717) is 13.0 Å². The zero-order valence-electron chi connectivity index (χ0n) is 17.7. The average Bonchev–Trinajstić information content (AvgIpc) is 2.74. The van der Waals surface area contributed by atoms with E-state index in [1.54, 1.807) is 7.11 Å². The van der Waals surface area contributed by atoms with Gasteiger partial charge in [0, 0.05) is 18.5 Å². The third kappa shape index (κ3) is 3.83. The Bertz CT molecular complexity index is 866. The summed E-state index contributed by atoms with van der Waals surface area (Å²) in [7, 11) is 1.68. The molecule has 2 heterocycles. The summed E-state index contributed by atoms with van der Waals surface area (Å²) >= 11 is 0. The molecule has 0 unspecified atom stereocenters. The predicted octanol–water partition coefficient (Wildman–Crippen LogP) is 5.58. The van der Waals surface area contributed by atoms with Gasteiger partial charge in [0.25, 0.3) is 0 Å². The maximum atomic E-state index is 15.9. The summed E-state index contributed by atoms with van der Waals surface area (Å²) in [6.45, 7) is 5.69. The molecule has 0 saturated carbocycles. The Balaban J connectivity index is 1.60. The number of piperidine rings is 2. The minimum absolute atomic E-state index is 0.0644. The molecule has 2 fully saturated rings. The largest absolute Gasteiger partial charge is 0.497 e. The summed E-state index contributed by atoms with van der Waals surface area (Å²) in [4.78, 5) is 7.18. The molecule has 154 valence electrons. The summed E-state index contributed by atoms with van der Waals surface area (Å²) in [5, 5.41) is 0. The van der Waals surface area contributed by atoms with Crippen LogP contribution in [0.1, 0.15) is 50.7 Å². The van der Waals surface area contributed by atoms with E-state index >= 15 is 4.39 Å². The van der Waals surface area contributed by atoms with Crippen LogP contribution >= 0.6 is 0 Å². The number of halogens is 1. The smallest absolute Gasteiger partial charge is 0.156 e. The van der Waals surface area contributed by atoms with E-state index in [1.807, 2.05) is 30.3 Å². The fraction of sp³-hybridized carbons (Fsp3) is 0.480. The standard InChI is InChI=1S/C25H31FN2O/c1-24-14-7-15-25(2,28(24)18-20-10-12-21(29-3)13-11-20)23(26)22(16-24)27-17-19-8-5-4-6-9-19/h4-6,8-13,23H,7,14-18H2,1-3H3/t23-,24-,25+/m0/s1. The Morgan fingerprint density at radius 3 is 2.45 bits per heavy atom. The predicted molar refractivity (Wildman–Crippen MR) is 116 cm³/mol. The molecule has 2 saturated heterocycles. The molecular formula is C25H31FN2O. The third-order valence-electron chi connectivity index (χ3n) is 6.87. The second-order valence-electron chi connectivity index (χ2n) is 8.97. The summed E-state index contributed by atoms with van der Waals surface area (Å²) in [5.41, 5.74) is 2.49. The van der Waals surface area contributed by atoms with Crippen LogP contribution in [0.5, 0.6) is 5.75 Å². The van der Waals surface area contributed by atoms with Crippen LogP contribution in [0.3, 0.4) is 0 Å². The monoisotopic (exact) mass is 394 g/mol. The Kier molecular flexibility index (Phi) is 5.48. The Labute approximate surface area is 173 Å². The molecule has 4 rings (SSSR count). The summed E-state index contributed by atoms with van der Waals surface area (Å²) in [6.07, 6.45) is 2.68. The van der Waals surface area contributed by atoms with Gasteiger partial charge in [-0.1, -0.05) is 42.5 Å². The Morgan fingerprint density at radius 2 is 1.76 bits per heavy atom. The molecule has 2 aliphatic rings. The van der Waals surface area contributed by atoms with Gasteiger partial charge < -0.3 is 4.74 Å². The highest BCUT2D eigenvalue weighted by Crippen LogP contribution is 2.49. The van der Waals surface area contributed by atoms with Gasteiger partial charge in [0.15, 0.2) is 6.17 Å². The topological polar surface area (TPSA) is 24.8 Å². The molecule has 0 radical (unpaired) electrons. The first-order valence-corrected chi connectivity index (χ1v) is 10.6. The number of nitrogens with zero attached hydrogens (tertiary/aromatic N) is 2. The van der Waals surface area contributed by atoms with Crippen LogP contribution < -0.4 is 4.74 Å². The van der Waals surface area contributed by atoms with E-state index in [4.69, 9.17) is 9.73 Å². The number of benzene rings is 2. The minimum atomic E-state index is -1.03. The van der Waals surface area contributed by atoms with E-state index in [0.717, 1.165) is 42.8 Å². The van der Waals surface area contributed by atoms with Crippen molar-refractivity contribution in [2.75, 3.05) is 7.11 Å². The summed E-state index contributed by atoms with van der Waals surface area (Å²) < 4.78 is 21.1. The van der Waals surface area contributed by atoms with Gasteiger partial charge in [-0.05, 0) is 56.4 Å². The number of aliphatic imine (C=N–C) groups is 1. The van der Waals surface area contributed by atoms with E-state index in [2.05, 4.69) is 43.0 Å². The number of methoxy groups -OCH3 is 1. The van der Waals surface area contributed by atoms with Gasteiger partial charge in [0.05, 0.1) is 24.9 Å². The first-order valence-electron chi connectivity index (χ1n) is 10.6. The lowest BCUT2D eigenvalue weighted by Crippen LogP contribution is -2.70. The zero-order valence-corrected chi connectivity index (χ0v) is 17.7. The highest BCUT2D eigenvalue weighted by atomic mass is 19.1. The zero-order chi connectivity index (χ0) is 20.5. The van der Waals surface area contributed by atoms with Crippen LogP contribution in [0.2, 0.25) is 0 Å². The Morgan fingerprint density at radius 1 is 1.03 bits per heavy atom. The number of alkyl halides is 1. The lowest BCUT2D eigenvalue weighted by atomic mass is 9.67. The highest BCUT2D eigenvalue weighted by Gasteiger charge is 2.56. The number of hydrogen-bond donors (Lipinski definition) is 0. The van der Waals surface area contributed by atoms with Gasteiger partial charge in [-0.15, -0.1) is 0 Å². The molecule has 2 aromatic carbocycles. The third-order valence-corrected chi connectivity index (χ3v) is 6.87. The van der Waals surface area contributed by atoms with Crippen molar-refractivity contribution in [1.29, 1.82) is 0 Å². The molecule has 3 atom stereocenters. The van der Waals surface area contributed by atoms with Gasteiger partial charge in [0.2, 0.25) is 0 Å². The molecule has 0 N–H and O–H groups in total. The fourth-order valence-electron chi connectivity index (χ4n) is 5.20. The lowest BCUT2D eigenvalue weighted by Gasteiger charge is -2.60. The SMILES string of the molecule is COc1ccc(CN2[C@@]3(C)CCC[C@]2(C)[C@@H](F)C(=NCc2ccccc2)C3)cc1. The van der Waals surface area contributed by atoms with Crippen LogP contribution in [0.4, 0.5) is 4.39 Å². The van der Waals surface area contributed by atoms with Crippen LogP contribution in [0, 0.1) is 0 Å². The Hall–Kier alpha value is -2.20. The molecule has 3 nitrogen and oxygen atoms in total. The molecule has 0 amide bonds. The summed E-state index contributed by atoms with van der Waals surface area (Å²) in [5.74, 6) is 0.851. The number of rotatable bonds is 5. The number of fused-ring (bicyclic) bond motifs is 2. The first kappa shape index (κ1) is 20.1.